The maximum Gasteiger partial charge on any atom is 0.0929 e. The minimum Gasteiger partial charge on any atom is -0.374 e. The average molecular weight is 231 g/mol. The molecule has 0 radical (unpaired) electrons. The minimum absolute atomic E-state index is 0.0541. The zero-order valence-electron chi connectivity index (χ0n) is 10.5. The SMILES string of the molecule is COC1(c2ccc(C3CCCCN3)cc2)CC1. The van der Waals surface area contributed by atoms with Gasteiger partial charge in [-0.15, -0.1) is 0 Å². The second-order valence-corrected chi connectivity index (χ2v) is 5.32. The molecule has 1 aromatic carbocycles. The Hall–Kier alpha value is -0.860. The van der Waals surface area contributed by atoms with E-state index in [1.54, 1.807) is 0 Å². The van der Waals surface area contributed by atoms with Crippen LogP contribution in [0.2, 0.25) is 0 Å². The molecule has 1 heterocycles. The Bertz CT molecular complexity index is 374. The first-order valence-electron chi connectivity index (χ1n) is 6.73. The van der Waals surface area contributed by atoms with Crippen LogP contribution in [0.15, 0.2) is 24.3 Å². The molecule has 1 N–H and O–H groups in total. The highest BCUT2D eigenvalue weighted by Crippen LogP contribution is 2.48. The van der Waals surface area contributed by atoms with Crippen molar-refractivity contribution in [1.82, 2.24) is 5.32 Å². The van der Waals surface area contributed by atoms with Gasteiger partial charge in [0.15, 0.2) is 0 Å². The molecule has 1 saturated heterocycles. The van der Waals surface area contributed by atoms with E-state index in [0.717, 1.165) is 6.54 Å². The highest BCUT2D eigenvalue weighted by molar-refractivity contribution is 5.32. The van der Waals surface area contributed by atoms with Gasteiger partial charge in [0.1, 0.15) is 0 Å². The van der Waals surface area contributed by atoms with Gasteiger partial charge in [-0.2, -0.15) is 0 Å². The summed E-state index contributed by atoms with van der Waals surface area (Å²) in [7, 11) is 1.82. The number of piperidine rings is 1. The first-order valence-corrected chi connectivity index (χ1v) is 6.73. The molecule has 0 bridgehead atoms. The number of benzene rings is 1. The van der Waals surface area contributed by atoms with Gasteiger partial charge in [0.05, 0.1) is 5.60 Å². The summed E-state index contributed by atoms with van der Waals surface area (Å²) in [6, 6.07) is 9.62. The third-order valence-corrected chi connectivity index (χ3v) is 4.24. The predicted octanol–water partition coefficient (Wildman–Crippen LogP) is 3.14. The standard InChI is InChI=1S/C15H21NO/c1-17-15(9-10-15)13-7-5-12(6-8-13)14-4-2-3-11-16-14/h5-8,14,16H,2-4,9-11H2,1H3. The van der Waals surface area contributed by atoms with Crippen molar-refractivity contribution in [3.63, 3.8) is 0 Å². The molecule has 1 aliphatic heterocycles. The molecule has 1 atom stereocenters. The van der Waals surface area contributed by atoms with Gasteiger partial charge in [-0.25, -0.2) is 0 Å². The van der Waals surface area contributed by atoms with Crippen molar-refractivity contribution in [3.05, 3.63) is 35.4 Å². The molecule has 92 valence electrons. The normalized spacial score (nSPS) is 26.8. The molecule has 2 nitrogen and oxygen atoms in total. The molecular weight excluding hydrogens is 210 g/mol. The molecule has 3 rings (SSSR count). The van der Waals surface area contributed by atoms with Gasteiger partial charge in [-0.05, 0) is 43.4 Å². The van der Waals surface area contributed by atoms with E-state index < -0.39 is 0 Å². The highest BCUT2D eigenvalue weighted by atomic mass is 16.5. The molecule has 0 amide bonds. The largest absolute Gasteiger partial charge is 0.374 e. The lowest BCUT2D eigenvalue weighted by atomic mass is 9.95. The van der Waals surface area contributed by atoms with Crippen molar-refractivity contribution in [3.8, 4) is 0 Å². The molecule has 0 spiro atoms. The molecule has 2 fully saturated rings. The van der Waals surface area contributed by atoms with Crippen LogP contribution in [0.5, 0.6) is 0 Å². The van der Waals surface area contributed by atoms with E-state index in [2.05, 4.69) is 29.6 Å². The fraction of sp³-hybridized carbons (Fsp3) is 0.600. The number of hydrogen-bond acceptors (Lipinski definition) is 2. The first-order chi connectivity index (χ1) is 8.34. The van der Waals surface area contributed by atoms with Gasteiger partial charge in [0.2, 0.25) is 0 Å². The summed E-state index contributed by atoms with van der Waals surface area (Å²) in [6.07, 6.45) is 6.28. The van der Waals surface area contributed by atoms with Crippen LogP contribution in [0.25, 0.3) is 0 Å². The number of nitrogens with one attached hydrogen (secondary N) is 1. The van der Waals surface area contributed by atoms with E-state index in [-0.39, 0.29) is 5.60 Å². The fourth-order valence-electron chi connectivity index (χ4n) is 2.88. The van der Waals surface area contributed by atoms with Gasteiger partial charge in [-0.1, -0.05) is 30.7 Å². The van der Waals surface area contributed by atoms with Crippen molar-refractivity contribution in [1.29, 1.82) is 0 Å². The van der Waals surface area contributed by atoms with E-state index in [1.807, 2.05) is 7.11 Å². The summed E-state index contributed by atoms with van der Waals surface area (Å²) in [4.78, 5) is 0. The van der Waals surface area contributed by atoms with Crippen LogP contribution in [-0.2, 0) is 10.3 Å². The smallest absolute Gasteiger partial charge is 0.0929 e. The third kappa shape index (κ3) is 2.12. The van der Waals surface area contributed by atoms with E-state index in [4.69, 9.17) is 4.74 Å². The van der Waals surface area contributed by atoms with Gasteiger partial charge in [-0.3, -0.25) is 0 Å². The maximum absolute atomic E-state index is 5.60. The topological polar surface area (TPSA) is 21.3 Å². The zero-order chi connectivity index (χ0) is 11.7. The second-order valence-electron chi connectivity index (χ2n) is 5.32. The Balaban J connectivity index is 1.75. The van der Waals surface area contributed by atoms with Crippen LogP contribution in [-0.4, -0.2) is 13.7 Å². The molecule has 2 aliphatic rings. The Morgan fingerprint density at radius 1 is 1.18 bits per heavy atom. The van der Waals surface area contributed by atoms with Crippen LogP contribution >= 0.6 is 0 Å². The summed E-state index contributed by atoms with van der Waals surface area (Å²) in [6.45, 7) is 1.16. The summed E-state index contributed by atoms with van der Waals surface area (Å²) in [5.74, 6) is 0. The van der Waals surface area contributed by atoms with Crippen LogP contribution in [0.3, 0.4) is 0 Å². The Kier molecular flexibility index (Phi) is 2.93. The predicted molar refractivity (Wildman–Crippen MR) is 69.0 cm³/mol. The third-order valence-electron chi connectivity index (χ3n) is 4.24. The molecule has 17 heavy (non-hydrogen) atoms. The van der Waals surface area contributed by atoms with E-state index >= 15 is 0 Å². The lowest BCUT2D eigenvalue weighted by molar-refractivity contribution is 0.0789. The van der Waals surface area contributed by atoms with Gasteiger partial charge in [0, 0.05) is 13.2 Å². The lowest BCUT2D eigenvalue weighted by Gasteiger charge is -2.24. The second kappa shape index (κ2) is 4.43. The fourth-order valence-corrected chi connectivity index (χ4v) is 2.88. The van der Waals surface area contributed by atoms with Crippen molar-refractivity contribution in [2.45, 2.75) is 43.7 Å². The first kappa shape index (κ1) is 11.2. The van der Waals surface area contributed by atoms with Crippen LogP contribution in [0.4, 0.5) is 0 Å². The molecule has 2 heteroatoms. The van der Waals surface area contributed by atoms with E-state index in [9.17, 15) is 0 Å². The maximum atomic E-state index is 5.60. The number of hydrogen-bond donors (Lipinski definition) is 1. The van der Waals surface area contributed by atoms with Crippen LogP contribution < -0.4 is 5.32 Å². The van der Waals surface area contributed by atoms with Crippen molar-refractivity contribution < 1.29 is 4.74 Å². The van der Waals surface area contributed by atoms with Crippen molar-refractivity contribution >= 4 is 0 Å². The molecular formula is C15H21NO. The van der Waals surface area contributed by atoms with Crippen LogP contribution in [0, 0.1) is 0 Å². The highest BCUT2D eigenvalue weighted by Gasteiger charge is 2.44. The molecule has 0 aromatic heterocycles. The van der Waals surface area contributed by atoms with Gasteiger partial charge < -0.3 is 10.1 Å². The van der Waals surface area contributed by atoms with Gasteiger partial charge in [0.25, 0.3) is 0 Å². The van der Waals surface area contributed by atoms with Crippen molar-refractivity contribution in [2.24, 2.45) is 0 Å². The van der Waals surface area contributed by atoms with E-state index in [0.29, 0.717) is 6.04 Å². The molecule has 1 unspecified atom stereocenters. The van der Waals surface area contributed by atoms with Crippen LogP contribution in [0.1, 0.15) is 49.3 Å². The molecule has 1 aromatic rings. The monoisotopic (exact) mass is 231 g/mol. The zero-order valence-corrected chi connectivity index (χ0v) is 10.5. The molecule has 1 saturated carbocycles. The quantitative estimate of drug-likeness (QED) is 0.863. The Morgan fingerprint density at radius 3 is 2.47 bits per heavy atom. The van der Waals surface area contributed by atoms with Crippen molar-refractivity contribution in [2.75, 3.05) is 13.7 Å². The minimum atomic E-state index is 0.0541. The number of rotatable bonds is 3. The molecule has 1 aliphatic carbocycles. The summed E-state index contributed by atoms with van der Waals surface area (Å²) < 4.78 is 5.60. The van der Waals surface area contributed by atoms with Gasteiger partial charge >= 0.3 is 0 Å². The van der Waals surface area contributed by atoms with E-state index in [1.165, 1.54) is 43.2 Å². The number of ether oxygens (including phenoxy) is 1. The Labute approximate surface area is 103 Å². The summed E-state index contributed by atoms with van der Waals surface area (Å²) in [5.41, 5.74) is 2.83. The Morgan fingerprint density at radius 2 is 1.94 bits per heavy atom. The summed E-state index contributed by atoms with van der Waals surface area (Å²) >= 11 is 0. The number of methoxy groups -OCH3 is 1. The lowest BCUT2D eigenvalue weighted by Crippen LogP contribution is -2.26. The summed E-state index contributed by atoms with van der Waals surface area (Å²) in [5, 5.41) is 3.59. The average Bonchev–Trinajstić information content (AvgIpc) is 3.21.